The van der Waals surface area contributed by atoms with Gasteiger partial charge in [0.25, 0.3) is 0 Å². The van der Waals surface area contributed by atoms with E-state index >= 15 is 0 Å². The standard InChI is InChI=1S/C16H15N3O2S/c1-10-6-7-13-14(8-10)22-19-15(13)18-16(20)17-11-4-3-5-12(9-11)21-2/h3-9H,1-2H3,(H2,17,18,19,20). The summed E-state index contributed by atoms with van der Waals surface area (Å²) >= 11 is 1.37. The lowest BCUT2D eigenvalue weighted by atomic mass is 10.2. The van der Waals surface area contributed by atoms with E-state index in [1.54, 1.807) is 19.2 Å². The molecule has 0 aliphatic rings. The maximum atomic E-state index is 12.1. The van der Waals surface area contributed by atoms with Gasteiger partial charge in [0.15, 0.2) is 5.82 Å². The maximum absolute atomic E-state index is 12.1. The van der Waals surface area contributed by atoms with E-state index in [2.05, 4.69) is 21.1 Å². The van der Waals surface area contributed by atoms with Crippen molar-refractivity contribution in [3.8, 4) is 5.75 Å². The number of nitrogens with zero attached hydrogens (tertiary/aromatic N) is 1. The first-order valence-electron chi connectivity index (χ1n) is 6.74. The Labute approximate surface area is 132 Å². The predicted molar refractivity (Wildman–Crippen MR) is 90.0 cm³/mol. The van der Waals surface area contributed by atoms with Crippen LogP contribution in [0.1, 0.15) is 5.56 Å². The summed E-state index contributed by atoms with van der Waals surface area (Å²) in [6.07, 6.45) is 0. The molecule has 0 unspecified atom stereocenters. The number of aromatic nitrogens is 1. The van der Waals surface area contributed by atoms with Crippen LogP contribution in [0.5, 0.6) is 5.75 Å². The molecule has 3 rings (SSSR count). The van der Waals surface area contributed by atoms with E-state index in [4.69, 9.17) is 4.74 Å². The maximum Gasteiger partial charge on any atom is 0.324 e. The summed E-state index contributed by atoms with van der Waals surface area (Å²) in [5.41, 5.74) is 1.83. The van der Waals surface area contributed by atoms with E-state index in [9.17, 15) is 4.79 Å². The van der Waals surface area contributed by atoms with Gasteiger partial charge in [-0.3, -0.25) is 5.32 Å². The Bertz CT molecular complexity index is 829. The molecule has 112 valence electrons. The first-order chi connectivity index (χ1) is 10.7. The lowest BCUT2D eigenvalue weighted by molar-refractivity contribution is 0.262. The van der Waals surface area contributed by atoms with Gasteiger partial charge in [0.05, 0.1) is 11.8 Å². The molecule has 1 heterocycles. The molecule has 0 bridgehead atoms. The van der Waals surface area contributed by atoms with Crippen LogP contribution in [0.15, 0.2) is 42.5 Å². The molecule has 0 saturated heterocycles. The number of amides is 2. The van der Waals surface area contributed by atoms with E-state index in [0.717, 1.165) is 10.1 Å². The van der Waals surface area contributed by atoms with Gasteiger partial charge < -0.3 is 10.1 Å². The number of hydrogen-bond donors (Lipinski definition) is 2. The molecule has 3 aromatic rings. The van der Waals surface area contributed by atoms with Crippen LogP contribution < -0.4 is 15.4 Å². The van der Waals surface area contributed by atoms with Gasteiger partial charge >= 0.3 is 6.03 Å². The minimum absolute atomic E-state index is 0.332. The van der Waals surface area contributed by atoms with E-state index in [-0.39, 0.29) is 6.03 Å². The number of carbonyl (C=O) groups excluding carboxylic acids is 1. The smallest absolute Gasteiger partial charge is 0.324 e. The summed E-state index contributed by atoms with van der Waals surface area (Å²) in [5.74, 6) is 1.26. The van der Waals surface area contributed by atoms with Crippen LogP contribution in [-0.2, 0) is 0 Å². The average Bonchev–Trinajstić information content (AvgIpc) is 2.89. The molecule has 1 aromatic heterocycles. The van der Waals surface area contributed by atoms with Crippen LogP contribution in [0.4, 0.5) is 16.3 Å². The highest BCUT2D eigenvalue weighted by atomic mass is 32.1. The fourth-order valence-corrected chi connectivity index (χ4v) is 2.94. The second kappa shape index (κ2) is 6.03. The van der Waals surface area contributed by atoms with Crippen LogP contribution in [0.3, 0.4) is 0 Å². The highest BCUT2D eigenvalue weighted by Gasteiger charge is 2.10. The van der Waals surface area contributed by atoms with Crippen molar-refractivity contribution in [3.63, 3.8) is 0 Å². The van der Waals surface area contributed by atoms with E-state index in [1.807, 2.05) is 31.2 Å². The zero-order valence-electron chi connectivity index (χ0n) is 12.2. The molecular formula is C16H15N3O2S. The van der Waals surface area contributed by atoms with E-state index in [1.165, 1.54) is 17.1 Å². The summed E-state index contributed by atoms with van der Waals surface area (Å²) in [6, 6.07) is 12.9. The summed E-state index contributed by atoms with van der Waals surface area (Å²) in [6.45, 7) is 2.03. The van der Waals surface area contributed by atoms with Crippen LogP contribution in [0.2, 0.25) is 0 Å². The third-order valence-corrected chi connectivity index (χ3v) is 4.00. The largest absolute Gasteiger partial charge is 0.497 e. The van der Waals surface area contributed by atoms with Crippen molar-refractivity contribution in [2.24, 2.45) is 0 Å². The molecule has 0 fully saturated rings. The molecule has 0 spiro atoms. The van der Waals surface area contributed by atoms with Gasteiger partial charge in [0.1, 0.15) is 5.75 Å². The minimum atomic E-state index is -0.332. The second-order valence-electron chi connectivity index (χ2n) is 4.84. The van der Waals surface area contributed by atoms with Gasteiger partial charge in [0.2, 0.25) is 0 Å². The van der Waals surface area contributed by atoms with E-state index in [0.29, 0.717) is 17.3 Å². The van der Waals surface area contributed by atoms with Crippen LogP contribution in [-0.4, -0.2) is 17.5 Å². The van der Waals surface area contributed by atoms with Gasteiger partial charge in [-0.2, -0.15) is 4.37 Å². The zero-order chi connectivity index (χ0) is 15.5. The first-order valence-corrected chi connectivity index (χ1v) is 7.51. The molecule has 6 heteroatoms. The summed E-state index contributed by atoms with van der Waals surface area (Å²) in [4.78, 5) is 12.1. The van der Waals surface area contributed by atoms with Crippen LogP contribution in [0.25, 0.3) is 10.1 Å². The van der Waals surface area contributed by atoms with Crippen molar-refractivity contribution in [2.75, 3.05) is 17.7 Å². The number of carbonyl (C=O) groups is 1. The molecule has 5 nitrogen and oxygen atoms in total. The quantitative estimate of drug-likeness (QED) is 0.759. The topological polar surface area (TPSA) is 63.2 Å². The van der Waals surface area contributed by atoms with Crippen LogP contribution >= 0.6 is 11.5 Å². The number of nitrogens with one attached hydrogen (secondary N) is 2. The number of urea groups is 1. The summed E-state index contributed by atoms with van der Waals surface area (Å²) in [5, 5.41) is 6.49. The van der Waals surface area contributed by atoms with Crippen molar-refractivity contribution in [3.05, 3.63) is 48.0 Å². The van der Waals surface area contributed by atoms with Gasteiger partial charge in [0, 0.05) is 17.1 Å². The van der Waals surface area contributed by atoms with Gasteiger partial charge in [-0.05, 0) is 48.3 Å². The molecule has 0 aliphatic carbocycles. The monoisotopic (exact) mass is 313 g/mol. The number of methoxy groups -OCH3 is 1. The SMILES string of the molecule is COc1cccc(NC(=O)Nc2nsc3cc(C)ccc23)c1. The Kier molecular flexibility index (Phi) is 3.93. The normalized spacial score (nSPS) is 10.5. The Balaban J connectivity index is 1.75. The summed E-state index contributed by atoms with van der Waals surface area (Å²) in [7, 11) is 1.59. The van der Waals surface area contributed by atoms with Crippen LogP contribution in [0, 0.1) is 6.92 Å². The fourth-order valence-electron chi connectivity index (χ4n) is 2.11. The molecule has 2 amide bonds. The number of anilines is 2. The number of aryl methyl sites for hydroxylation is 1. The van der Waals surface area contributed by atoms with E-state index < -0.39 is 0 Å². The minimum Gasteiger partial charge on any atom is -0.497 e. The van der Waals surface area contributed by atoms with Gasteiger partial charge in [-0.15, -0.1) is 0 Å². The molecule has 0 radical (unpaired) electrons. The molecular weight excluding hydrogens is 298 g/mol. The van der Waals surface area contributed by atoms with Crippen molar-refractivity contribution in [2.45, 2.75) is 6.92 Å². The predicted octanol–water partition coefficient (Wildman–Crippen LogP) is 4.26. The Morgan fingerprint density at radius 3 is 2.86 bits per heavy atom. The van der Waals surface area contributed by atoms with Crippen molar-refractivity contribution < 1.29 is 9.53 Å². The highest BCUT2D eigenvalue weighted by molar-refractivity contribution is 7.13. The number of fused-ring (bicyclic) bond motifs is 1. The number of ether oxygens (including phenoxy) is 1. The average molecular weight is 313 g/mol. The Morgan fingerprint density at radius 2 is 2.05 bits per heavy atom. The van der Waals surface area contributed by atoms with Gasteiger partial charge in [-0.1, -0.05) is 12.1 Å². The highest BCUT2D eigenvalue weighted by Crippen LogP contribution is 2.27. The van der Waals surface area contributed by atoms with Crippen molar-refractivity contribution >= 4 is 39.2 Å². The fraction of sp³-hybridized carbons (Fsp3) is 0.125. The molecule has 0 aliphatic heterocycles. The molecule has 0 atom stereocenters. The lowest BCUT2D eigenvalue weighted by Crippen LogP contribution is -2.19. The summed E-state index contributed by atoms with van der Waals surface area (Å²) < 4.78 is 10.5. The van der Waals surface area contributed by atoms with Crippen molar-refractivity contribution in [1.29, 1.82) is 0 Å². The Hall–Kier alpha value is -2.60. The zero-order valence-corrected chi connectivity index (χ0v) is 13.0. The molecule has 22 heavy (non-hydrogen) atoms. The first kappa shape index (κ1) is 14.3. The number of hydrogen-bond acceptors (Lipinski definition) is 4. The number of benzene rings is 2. The molecule has 2 aromatic carbocycles. The number of rotatable bonds is 3. The molecule has 0 saturated carbocycles. The van der Waals surface area contributed by atoms with Crippen molar-refractivity contribution in [1.82, 2.24) is 4.37 Å². The Morgan fingerprint density at radius 1 is 1.18 bits per heavy atom. The third kappa shape index (κ3) is 3.01. The lowest BCUT2D eigenvalue weighted by Gasteiger charge is -2.07. The molecule has 2 N–H and O–H groups in total. The third-order valence-electron chi connectivity index (χ3n) is 3.19. The second-order valence-corrected chi connectivity index (χ2v) is 5.65. The van der Waals surface area contributed by atoms with Gasteiger partial charge in [-0.25, -0.2) is 4.79 Å².